The van der Waals surface area contributed by atoms with Gasteiger partial charge in [0.15, 0.2) is 0 Å². The summed E-state index contributed by atoms with van der Waals surface area (Å²) >= 11 is 0. The SMILES string of the molecule is CC/C=C/C=C/C=C\CCCCCCCC(=O)OC(CCCCCCCCCCCCCCCCCCC)CC(=O)NC(CO)C(O)CCCCCCCCCCCC. The van der Waals surface area contributed by atoms with E-state index in [0.29, 0.717) is 19.3 Å². The summed E-state index contributed by atoms with van der Waals surface area (Å²) in [5.41, 5.74) is 0. The van der Waals surface area contributed by atoms with Gasteiger partial charge in [0.2, 0.25) is 5.91 Å². The maximum absolute atomic E-state index is 13.2. The van der Waals surface area contributed by atoms with Gasteiger partial charge >= 0.3 is 5.97 Å². The van der Waals surface area contributed by atoms with Crippen molar-refractivity contribution in [2.24, 2.45) is 0 Å². The summed E-state index contributed by atoms with van der Waals surface area (Å²) in [6, 6.07) is -0.701. The van der Waals surface area contributed by atoms with Crippen molar-refractivity contribution >= 4 is 11.9 Å². The lowest BCUT2D eigenvalue weighted by Crippen LogP contribution is -2.46. The molecule has 0 aliphatic rings. The number of hydrogen-bond donors (Lipinski definition) is 3. The highest BCUT2D eigenvalue weighted by molar-refractivity contribution is 5.77. The summed E-state index contributed by atoms with van der Waals surface area (Å²) in [6.07, 6.45) is 54.9. The Bertz CT molecular complexity index is 977. The minimum atomic E-state index is -0.787. The monoisotopic (exact) mass is 830 g/mol. The average Bonchev–Trinajstić information content (AvgIpc) is 3.23. The first-order valence-electron chi connectivity index (χ1n) is 25.7. The minimum absolute atomic E-state index is 0.0731. The van der Waals surface area contributed by atoms with Crippen LogP contribution in [0.5, 0.6) is 0 Å². The van der Waals surface area contributed by atoms with Crippen LogP contribution in [0.3, 0.4) is 0 Å². The lowest BCUT2D eigenvalue weighted by Gasteiger charge is -2.24. The minimum Gasteiger partial charge on any atom is -0.462 e. The number of carbonyl (C=O) groups excluding carboxylic acids is 2. The molecular weight excluding hydrogens is 731 g/mol. The van der Waals surface area contributed by atoms with Crippen LogP contribution in [0.4, 0.5) is 0 Å². The van der Waals surface area contributed by atoms with Crippen LogP contribution < -0.4 is 5.32 Å². The van der Waals surface area contributed by atoms with E-state index in [2.05, 4.69) is 62.5 Å². The first-order chi connectivity index (χ1) is 29.0. The number of allylic oxidation sites excluding steroid dienone is 6. The van der Waals surface area contributed by atoms with E-state index in [1.807, 2.05) is 0 Å². The molecule has 0 radical (unpaired) electrons. The number of hydrogen-bond acceptors (Lipinski definition) is 5. The molecule has 0 aliphatic carbocycles. The average molecular weight is 830 g/mol. The van der Waals surface area contributed by atoms with Gasteiger partial charge in [-0.25, -0.2) is 0 Å². The van der Waals surface area contributed by atoms with Crippen molar-refractivity contribution in [1.82, 2.24) is 5.32 Å². The molecule has 0 aromatic rings. The number of unbranched alkanes of at least 4 members (excludes halogenated alkanes) is 30. The van der Waals surface area contributed by atoms with Crippen LogP contribution in [0.25, 0.3) is 0 Å². The number of nitrogens with one attached hydrogen (secondary N) is 1. The first kappa shape index (κ1) is 57.1. The molecule has 3 atom stereocenters. The van der Waals surface area contributed by atoms with E-state index in [-0.39, 0.29) is 24.9 Å². The molecule has 0 aliphatic heterocycles. The maximum Gasteiger partial charge on any atom is 0.306 e. The molecule has 0 saturated heterocycles. The van der Waals surface area contributed by atoms with E-state index in [4.69, 9.17) is 4.74 Å². The summed E-state index contributed by atoms with van der Waals surface area (Å²) < 4.78 is 5.93. The predicted octanol–water partition coefficient (Wildman–Crippen LogP) is 15.3. The number of aliphatic hydroxyl groups is 2. The van der Waals surface area contributed by atoms with Crippen molar-refractivity contribution in [3.63, 3.8) is 0 Å². The van der Waals surface area contributed by atoms with Crippen LogP contribution >= 0.6 is 0 Å². The Balaban J connectivity index is 4.57. The van der Waals surface area contributed by atoms with Crippen LogP contribution in [0.2, 0.25) is 0 Å². The highest BCUT2D eigenvalue weighted by Gasteiger charge is 2.24. The van der Waals surface area contributed by atoms with Gasteiger partial charge in [-0.3, -0.25) is 9.59 Å². The molecule has 0 spiro atoms. The predicted molar refractivity (Wildman–Crippen MR) is 255 cm³/mol. The van der Waals surface area contributed by atoms with Gasteiger partial charge < -0.3 is 20.3 Å². The fraction of sp³-hybridized carbons (Fsp3) is 0.849. The molecule has 6 nitrogen and oxygen atoms in total. The molecule has 59 heavy (non-hydrogen) atoms. The van der Waals surface area contributed by atoms with Gasteiger partial charge in [0.25, 0.3) is 0 Å². The largest absolute Gasteiger partial charge is 0.462 e. The number of rotatable bonds is 46. The number of carbonyl (C=O) groups is 2. The summed E-state index contributed by atoms with van der Waals surface area (Å²) in [5.74, 6) is -0.487. The topological polar surface area (TPSA) is 95.9 Å². The zero-order valence-electron chi connectivity index (χ0n) is 39.4. The number of esters is 1. The molecule has 0 fully saturated rings. The highest BCUT2D eigenvalue weighted by Crippen LogP contribution is 2.18. The van der Waals surface area contributed by atoms with Gasteiger partial charge in [-0.2, -0.15) is 0 Å². The van der Waals surface area contributed by atoms with Gasteiger partial charge in [0, 0.05) is 6.42 Å². The molecule has 0 rings (SSSR count). The molecule has 0 bridgehead atoms. The quantitative estimate of drug-likeness (QED) is 0.0323. The first-order valence-corrected chi connectivity index (χ1v) is 25.7. The van der Waals surface area contributed by atoms with Crippen LogP contribution in [0.1, 0.15) is 265 Å². The zero-order valence-corrected chi connectivity index (χ0v) is 39.4. The molecule has 0 aromatic carbocycles. The molecule has 0 aromatic heterocycles. The molecule has 3 N–H and O–H groups in total. The number of ether oxygens (including phenoxy) is 1. The van der Waals surface area contributed by atoms with Crippen molar-refractivity contribution in [3.05, 3.63) is 36.5 Å². The van der Waals surface area contributed by atoms with E-state index in [9.17, 15) is 19.8 Å². The summed E-state index contributed by atoms with van der Waals surface area (Å²) in [6.45, 7) is 6.35. The van der Waals surface area contributed by atoms with Gasteiger partial charge in [0.1, 0.15) is 6.10 Å². The van der Waals surface area contributed by atoms with Crippen molar-refractivity contribution in [1.29, 1.82) is 0 Å². The summed E-state index contributed by atoms with van der Waals surface area (Å²) in [7, 11) is 0. The zero-order chi connectivity index (χ0) is 43.1. The highest BCUT2D eigenvalue weighted by atomic mass is 16.5. The maximum atomic E-state index is 13.2. The van der Waals surface area contributed by atoms with E-state index in [0.717, 1.165) is 77.0 Å². The van der Waals surface area contributed by atoms with Gasteiger partial charge in [0.05, 0.1) is 25.2 Å². The Hall–Kier alpha value is -1.92. The fourth-order valence-corrected chi connectivity index (χ4v) is 7.90. The normalized spacial score (nSPS) is 13.5. The van der Waals surface area contributed by atoms with Crippen molar-refractivity contribution in [2.75, 3.05) is 6.61 Å². The Morgan fingerprint density at radius 2 is 0.915 bits per heavy atom. The van der Waals surface area contributed by atoms with Crippen LogP contribution in [-0.4, -0.2) is 46.9 Å². The summed E-state index contributed by atoms with van der Waals surface area (Å²) in [4.78, 5) is 26.1. The third-order valence-corrected chi connectivity index (χ3v) is 11.8. The Morgan fingerprint density at radius 1 is 0.508 bits per heavy atom. The number of aliphatic hydroxyl groups excluding tert-OH is 2. The second-order valence-electron chi connectivity index (χ2n) is 17.6. The fourth-order valence-electron chi connectivity index (χ4n) is 7.90. The molecule has 6 heteroatoms. The smallest absolute Gasteiger partial charge is 0.306 e. The Morgan fingerprint density at radius 3 is 1.37 bits per heavy atom. The van der Waals surface area contributed by atoms with E-state index in [1.165, 1.54) is 141 Å². The number of amides is 1. The summed E-state index contributed by atoms with van der Waals surface area (Å²) in [5, 5.41) is 23.7. The standard InChI is InChI=1S/C53H99NO5/c1-4-7-10-13-16-19-22-24-25-26-27-29-30-32-35-38-41-44-49(59-53(58)46-43-40-37-34-31-28-23-20-17-14-11-8-5-2)47-52(57)54-50(48-55)51(56)45-42-39-36-33-21-18-15-12-9-6-3/h8,11,14,17,20,23,49-51,55-56H,4-7,9-10,12-13,15-16,18-19,21-22,24-48H2,1-3H3,(H,54,57)/b11-8+,17-14+,23-20-. The Kier molecular flexibility index (Phi) is 45.6. The molecule has 3 unspecified atom stereocenters. The molecule has 1 amide bonds. The third-order valence-electron chi connectivity index (χ3n) is 11.8. The second-order valence-corrected chi connectivity index (χ2v) is 17.6. The molecule has 0 saturated carbocycles. The van der Waals surface area contributed by atoms with E-state index >= 15 is 0 Å². The van der Waals surface area contributed by atoms with Crippen LogP contribution in [0, 0.1) is 0 Å². The Labute approximate surface area is 366 Å². The van der Waals surface area contributed by atoms with Gasteiger partial charge in [-0.05, 0) is 44.9 Å². The molecular formula is C53H99NO5. The second kappa shape index (κ2) is 47.1. The van der Waals surface area contributed by atoms with Crippen molar-refractivity contribution < 1.29 is 24.5 Å². The lowest BCUT2D eigenvalue weighted by molar-refractivity contribution is -0.151. The molecule has 0 heterocycles. The van der Waals surface area contributed by atoms with Crippen molar-refractivity contribution in [2.45, 2.75) is 283 Å². The lowest BCUT2D eigenvalue weighted by atomic mass is 10.0. The van der Waals surface area contributed by atoms with Crippen LogP contribution in [-0.2, 0) is 14.3 Å². The third kappa shape index (κ3) is 42.6. The van der Waals surface area contributed by atoms with Gasteiger partial charge in [-0.15, -0.1) is 0 Å². The van der Waals surface area contributed by atoms with E-state index < -0.39 is 18.2 Å². The van der Waals surface area contributed by atoms with Gasteiger partial charge in [-0.1, -0.05) is 243 Å². The van der Waals surface area contributed by atoms with Crippen molar-refractivity contribution in [3.8, 4) is 0 Å². The van der Waals surface area contributed by atoms with Crippen LogP contribution in [0.15, 0.2) is 36.5 Å². The van der Waals surface area contributed by atoms with E-state index in [1.54, 1.807) is 0 Å². The molecule has 346 valence electrons.